The van der Waals surface area contributed by atoms with Crippen LogP contribution in [0.4, 0.5) is 18.9 Å². The Balaban J connectivity index is 1.67. The average molecular weight is 423 g/mol. The van der Waals surface area contributed by atoms with Crippen molar-refractivity contribution in [2.45, 2.75) is 32.0 Å². The number of rotatable bonds is 7. The van der Waals surface area contributed by atoms with E-state index in [4.69, 9.17) is 15.2 Å². The topological polar surface area (TPSA) is 112 Å². The van der Waals surface area contributed by atoms with E-state index in [0.29, 0.717) is 18.7 Å². The predicted octanol–water partition coefficient (Wildman–Crippen LogP) is 2.79. The van der Waals surface area contributed by atoms with Crippen molar-refractivity contribution in [1.29, 1.82) is 0 Å². The number of carbonyl (C=O) groups excluding carboxylic acids is 1. The number of nitrogens with zero attached hydrogens (tertiary/aromatic N) is 3. The number of nitrogens with one attached hydrogen (secondary N) is 1. The number of aryl methyl sites for hydroxylation is 1. The molecule has 0 saturated heterocycles. The fraction of sp³-hybridized carbons (Fsp3) is 0.368. The summed E-state index contributed by atoms with van der Waals surface area (Å²) < 4.78 is 49.9. The maximum atomic E-state index is 13.3. The Morgan fingerprint density at radius 1 is 1.33 bits per heavy atom. The number of hydrogen-bond donors (Lipinski definition) is 2. The van der Waals surface area contributed by atoms with Crippen molar-refractivity contribution in [3.63, 3.8) is 0 Å². The van der Waals surface area contributed by atoms with Crippen LogP contribution in [0, 0.1) is 0 Å². The first-order valence-corrected chi connectivity index (χ1v) is 9.19. The maximum Gasteiger partial charge on any atom is 0.434 e. The number of alkyl halides is 3. The normalized spacial score (nSPS) is 16.0. The molecule has 160 valence electrons. The van der Waals surface area contributed by atoms with Crippen molar-refractivity contribution in [3.8, 4) is 6.01 Å². The second-order valence-electron chi connectivity index (χ2n) is 6.47. The number of aliphatic imine (C=N–C) groups is 1. The van der Waals surface area contributed by atoms with E-state index in [9.17, 15) is 18.0 Å². The molecule has 0 bridgehead atoms. The van der Waals surface area contributed by atoms with Crippen LogP contribution in [0.5, 0.6) is 6.01 Å². The van der Waals surface area contributed by atoms with Crippen LogP contribution in [0.25, 0.3) is 0 Å². The molecule has 3 N–H and O–H groups in total. The summed E-state index contributed by atoms with van der Waals surface area (Å²) in [5.74, 6) is -0.967. The number of hydrogen-bond acceptors (Lipinski definition) is 7. The number of ether oxygens (including phenoxy) is 2. The van der Waals surface area contributed by atoms with Crippen LogP contribution in [-0.4, -0.2) is 41.2 Å². The summed E-state index contributed by atoms with van der Waals surface area (Å²) in [7, 11) is 0. The van der Waals surface area contributed by atoms with E-state index in [1.165, 1.54) is 0 Å². The number of aromatic nitrogens is 2. The molecule has 0 saturated carbocycles. The molecule has 0 aliphatic carbocycles. The lowest BCUT2D eigenvalue weighted by molar-refractivity contribution is -0.141. The van der Waals surface area contributed by atoms with Crippen LogP contribution in [0.15, 0.2) is 35.5 Å². The smallest absolute Gasteiger partial charge is 0.434 e. The standard InChI is InChI=1S/C19H20F3N5O3/c1-2-29-18-24-9-14(15(27-18)19(20,21)22)16(28)25-12-6-3-11(4-7-12)5-8-13-10-30-17(23)26-13/h3-4,6-7,9,13H,2,5,8,10H2,1H3,(H2,23,26)(H,25,28)/t13-/m0/s1. The average Bonchev–Trinajstić information content (AvgIpc) is 3.12. The lowest BCUT2D eigenvalue weighted by atomic mass is 10.1. The van der Waals surface area contributed by atoms with Crippen molar-refractivity contribution in [2.75, 3.05) is 18.5 Å². The lowest BCUT2D eigenvalue weighted by Gasteiger charge is -2.13. The molecule has 1 aromatic heterocycles. The van der Waals surface area contributed by atoms with Crippen LogP contribution in [-0.2, 0) is 17.3 Å². The van der Waals surface area contributed by atoms with Gasteiger partial charge in [-0.05, 0) is 37.5 Å². The van der Waals surface area contributed by atoms with Crippen LogP contribution in [0.3, 0.4) is 0 Å². The van der Waals surface area contributed by atoms with Crippen molar-refractivity contribution < 1.29 is 27.4 Å². The van der Waals surface area contributed by atoms with Gasteiger partial charge in [-0.3, -0.25) is 4.79 Å². The van der Waals surface area contributed by atoms with Crippen LogP contribution in [0.1, 0.15) is 35.0 Å². The zero-order valence-electron chi connectivity index (χ0n) is 16.1. The highest BCUT2D eigenvalue weighted by molar-refractivity contribution is 6.05. The van der Waals surface area contributed by atoms with Crippen LogP contribution >= 0.6 is 0 Å². The van der Waals surface area contributed by atoms with Crippen LogP contribution in [0.2, 0.25) is 0 Å². The summed E-state index contributed by atoms with van der Waals surface area (Å²) >= 11 is 0. The van der Waals surface area contributed by atoms with E-state index >= 15 is 0 Å². The molecule has 2 aromatic rings. The minimum absolute atomic E-state index is 0.00447. The quantitative estimate of drug-likeness (QED) is 0.708. The molecule has 0 unspecified atom stereocenters. The molecule has 1 aromatic carbocycles. The number of amidine groups is 1. The highest BCUT2D eigenvalue weighted by atomic mass is 19.4. The van der Waals surface area contributed by atoms with Gasteiger partial charge in [0, 0.05) is 11.9 Å². The number of amides is 1. The van der Waals surface area contributed by atoms with Crippen molar-refractivity contribution >= 4 is 17.6 Å². The number of carbonyl (C=O) groups is 1. The molecular formula is C19H20F3N5O3. The molecule has 1 aliphatic rings. The molecule has 2 heterocycles. The zero-order chi connectivity index (χ0) is 21.7. The monoisotopic (exact) mass is 423 g/mol. The molecule has 11 heteroatoms. The zero-order valence-corrected chi connectivity index (χ0v) is 16.1. The summed E-state index contributed by atoms with van der Waals surface area (Å²) in [6.45, 7) is 2.14. The summed E-state index contributed by atoms with van der Waals surface area (Å²) in [6.07, 6.45) is -2.57. The summed E-state index contributed by atoms with van der Waals surface area (Å²) in [5, 5.41) is 2.43. The van der Waals surface area contributed by atoms with Gasteiger partial charge in [0.1, 0.15) is 6.61 Å². The molecule has 0 fully saturated rings. The SMILES string of the molecule is CCOc1ncc(C(=O)Nc2ccc(CC[C@H]3COC(N)=N3)cc2)c(C(F)(F)F)n1. The van der Waals surface area contributed by atoms with Gasteiger partial charge in [-0.15, -0.1) is 0 Å². The Kier molecular flexibility index (Phi) is 6.38. The maximum absolute atomic E-state index is 13.3. The number of nitrogens with two attached hydrogens (primary N) is 1. The Morgan fingerprint density at radius 3 is 2.67 bits per heavy atom. The van der Waals surface area contributed by atoms with E-state index in [1.807, 2.05) is 0 Å². The largest absolute Gasteiger partial charge is 0.464 e. The van der Waals surface area contributed by atoms with Crippen molar-refractivity contribution in [3.05, 3.63) is 47.3 Å². The molecule has 0 radical (unpaired) electrons. The minimum Gasteiger partial charge on any atom is -0.464 e. The summed E-state index contributed by atoms with van der Waals surface area (Å²) in [4.78, 5) is 23.5. The minimum atomic E-state index is -4.83. The van der Waals surface area contributed by atoms with Gasteiger partial charge in [0.05, 0.1) is 18.2 Å². The second kappa shape index (κ2) is 8.97. The molecule has 30 heavy (non-hydrogen) atoms. The Morgan fingerprint density at radius 2 is 2.07 bits per heavy atom. The van der Waals surface area contributed by atoms with E-state index < -0.39 is 29.4 Å². The van der Waals surface area contributed by atoms with Gasteiger partial charge in [0.2, 0.25) is 0 Å². The Bertz CT molecular complexity index is 932. The van der Waals surface area contributed by atoms with E-state index in [2.05, 4.69) is 20.3 Å². The fourth-order valence-electron chi connectivity index (χ4n) is 2.82. The highest BCUT2D eigenvalue weighted by Gasteiger charge is 2.38. The third kappa shape index (κ3) is 5.37. The Hall–Kier alpha value is -3.37. The molecule has 0 spiro atoms. The number of anilines is 1. The van der Waals surface area contributed by atoms with Crippen LogP contribution < -0.4 is 15.8 Å². The first-order chi connectivity index (χ1) is 14.3. The van der Waals surface area contributed by atoms with Gasteiger partial charge in [-0.25, -0.2) is 9.98 Å². The van der Waals surface area contributed by atoms with Crippen molar-refractivity contribution in [1.82, 2.24) is 9.97 Å². The van der Waals surface area contributed by atoms with E-state index in [0.717, 1.165) is 18.2 Å². The van der Waals surface area contributed by atoms with Gasteiger partial charge >= 0.3 is 12.2 Å². The first-order valence-electron chi connectivity index (χ1n) is 9.19. The van der Waals surface area contributed by atoms with Gasteiger partial charge < -0.3 is 20.5 Å². The Labute approximate surface area is 170 Å². The number of halogens is 3. The van der Waals surface area contributed by atoms with E-state index in [-0.39, 0.29) is 18.7 Å². The van der Waals surface area contributed by atoms with Gasteiger partial charge in [-0.2, -0.15) is 18.2 Å². The summed E-state index contributed by atoms with van der Waals surface area (Å²) in [6, 6.07) is 6.52. The molecular weight excluding hydrogens is 403 g/mol. The molecule has 1 atom stereocenters. The number of benzene rings is 1. The highest BCUT2D eigenvalue weighted by Crippen LogP contribution is 2.31. The molecule has 8 nitrogen and oxygen atoms in total. The first kappa shape index (κ1) is 21.3. The predicted molar refractivity (Wildman–Crippen MR) is 102 cm³/mol. The molecule has 1 amide bonds. The molecule has 3 rings (SSSR count). The van der Waals surface area contributed by atoms with Gasteiger partial charge in [0.25, 0.3) is 11.9 Å². The third-order valence-corrected chi connectivity index (χ3v) is 4.26. The van der Waals surface area contributed by atoms with Gasteiger partial charge in [0.15, 0.2) is 5.69 Å². The third-order valence-electron chi connectivity index (χ3n) is 4.26. The molecule has 1 aliphatic heterocycles. The van der Waals surface area contributed by atoms with Gasteiger partial charge in [-0.1, -0.05) is 12.1 Å². The lowest BCUT2D eigenvalue weighted by Crippen LogP contribution is -2.21. The summed E-state index contributed by atoms with van der Waals surface area (Å²) in [5.41, 5.74) is 4.75. The second-order valence-corrected chi connectivity index (χ2v) is 6.47. The fourth-order valence-corrected chi connectivity index (χ4v) is 2.82. The van der Waals surface area contributed by atoms with Crippen molar-refractivity contribution in [2.24, 2.45) is 10.7 Å². The van der Waals surface area contributed by atoms with E-state index in [1.54, 1.807) is 31.2 Å².